The van der Waals surface area contributed by atoms with Crippen molar-refractivity contribution in [3.8, 4) is 5.82 Å². The third-order valence-electron chi connectivity index (χ3n) is 2.44. The van der Waals surface area contributed by atoms with E-state index in [0.717, 1.165) is 6.42 Å². The second-order valence-electron chi connectivity index (χ2n) is 3.75. The van der Waals surface area contributed by atoms with Crippen molar-refractivity contribution >= 4 is 5.97 Å². The van der Waals surface area contributed by atoms with Gasteiger partial charge in [-0.2, -0.15) is 4.68 Å². The Hall–Kier alpha value is -2.51. The zero-order valence-corrected chi connectivity index (χ0v) is 10.6. The fourth-order valence-electron chi connectivity index (χ4n) is 1.56. The second kappa shape index (κ2) is 5.42. The Morgan fingerprint density at radius 2 is 2.21 bits per heavy atom. The van der Waals surface area contributed by atoms with E-state index in [1.54, 1.807) is 6.20 Å². The predicted molar refractivity (Wildman–Crippen MR) is 65.0 cm³/mol. The second-order valence-corrected chi connectivity index (χ2v) is 3.75. The summed E-state index contributed by atoms with van der Waals surface area (Å²) in [4.78, 5) is 31.1. The largest absolute Gasteiger partial charge is 0.463 e. The van der Waals surface area contributed by atoms with Crippen molar-refractivity contribution in [3.63, 3.8) is 0 Å². The lowest BCUT2D eigenvalue weighted by atomic mass is 10.4. The topological polar surface area (TPSA) is 91.9 Å². The van der Waals surface area contributed by atoms with Crippen LogP contribution in [-0.4, -0.2) is 37.4 Å². The van der Waals surface area contributed by atoms with Crippen molar-refractivity contribution in [2.45, 2.75) is 19.9 Å². The van der Waals surface area contributed by atoms with Gasteiger partial charge in [-0.15, -0.1) is 5.10 Å². The summed E-state index contributed by atoms with van der Waals surface area (Å²) in [6.45, 7) is 2.56. The minimum Gasteiger partial charge on any atom is -0.463 e. The van der Waals surface area contributed by atoms with Gasteiger partial charge in [0, 0.05) is 18.9 Å². The third kappa shape index (κ3) is 2.51. The van der Waals surface area contributed by atoms with Crippen molar-refractivity contribution in [1.82, 2.24) is 24.3 Å². The smallest absolute Gasteiger partial charge is 0.377 e. The number of rotatable bonds is 4. The van der Waals surface area contributed by atoms with Gasteiger partial charge in [-0.1, -0.05) is 6.92 Å². The fraction of sp³-hybridized carbons (Fsp3) is 0.364. The molecule has 0 atom stereocenters. The Morgan fingerprint density at radius 1 is 1.42 bits per heavy atom. The molecule has 0 unspecified atom stereocenters. The normalized spacial score (nSPS) is 10.4. The highest BCUT2D eigenvalue weighted by atomic mass is 16.5. The van der Waals surface area contributed by atoms with Crippen molar-refractivity contribution in [2.24, 2.45) is 0 Å². The van der Waals surface area contributed by atoms with Gasteiger partial charge in [-0.25, -0.2) is 14.8 Å². The summed E-state index contributed by atoms with van der Waals surface area (Å²) in [5, 5.41) is 3.87. The Morgan fingerprint density at radius 3 is 2.89 bits per heavy atom. The molecule has 0 aliphatic carbocycles. The van der Waals surface area contributed by atoms with Gasteiger partial charge in [0.1, 0.15) is 6.33 Å². The number of carbonyl (C=O) groups excluding carboxylic acids is 1. The maximum absolute atomic E-state index is 12.1. The SMILES string of the molecule is CCCn1ccnc(-n2cnc(C(=O)OC)n2)c1=O. The summed E-state index contributed by atoms with van der Waals surface area (Å²) < 4.78 is 7.19. The maximum Gasteiger partial charge on any atom is 0.377 e. The Labute approximate surface area is 108 Å². The fourth-order valence-corrected chi connectivity index (χ4v) is 1.56. The summed E-state index contributed by atoms with van der Waals surface area (Å²) in [6.07, 6.45) is 5.19. The zero-order chi connectivity index (χ0) is 13.8. The number of nitrogens with zero attached hydrogens (tertiary/aromatic N) is 5. The van der Waals surface area contributed by atoms with Crippen LogP contribution >= 0.6 is 0 Å². The number of esters is 1. The van der Waals surface area contributed by atoms with Crippen LogP contribution in [0.25, 0.3) is 5.82 Å². The highest BCUT2D eigenvalue weighted by molar-refractivity contribution is 5.84. The molecule has 0 fully saturated rings. The van der Waals surface area contributed by atoms with Crippen LogP contribution in [0.2, 0.25) is 0 Å². The number of hydrogen-bond acceptors (Lipinski definition) is 6. The van der Waals surface area contributed by atoms with E-state index in [1.165, 1.54) is 28.9 Å². The molecule has 2 aromatic rings. The molecule has 0 aromatic carbocycles. The van der Waals surface area contributed by atoms with E-state index >= 15 is 0 Å². The first-order chi connectivity index (χ1) is 9.17. The Kier molecular flexibility index (Phi) is 3.69. The van der Waals surface area contributed by atoms with Crippen LogP contribution in [0.5, 0.6) is 0 Å². The van der Waals surface area contributed by atoms with Crippen molar-refractivity contribution in [1.29, 1.82) is 0 Å². The van der Waals surface area contributed by atoms with Crippen LogP contribution in [0.1, 0.15) is 24.0 Å². The third-order valence-corrected chi connectivity index (χ3v) is 2.44. The number of carbonyl (C=O) groups is 1. The lowest BCUT2D eigenvalue weighted by Crippen LogP contribution is -2.25. The molecule has 0 radical (unpaired) electrons. The molecule has 0 saturated heterocycles. The number of hydrogen-bond donors (Lipinski definition) is 0. The molecule has 0 N–H and O–H groups in total. The molecule has 0 spiro atoms. The summed E-state index contributed by atoms with van der Waals surface area (Å²) in [6, 6.07) is 0. The molecule has 0 aliphatic heterocycles. The van der Waals surface area contributed by atoms with Gasteiger partial charge in [0.05, 0.1) is 7.11 Å². The average Bonchev–Trinajstić information content (AvgIpc) is 2.90. The van der Waals surface area contributed by atoms with Crippen LogP contribution < -0.4 is 5.56 Å². The molecule has 2 rings (SSSR count). The molecule has 19 heavy (non-hydrogen) atoms. The van der Waals surface area contributed by atoms with Crippen LogP contribution in [0, 0.1) is 0 Å². The van der Waals surface area contributed by atoms with Crippen LogP contribution in [0.4, 0.5) is 0 Å². The highest BCUT2D eigenvalue weighted by Crippen LogP contribution is 1.98. The lowest BCUT2D eigenvalue weighted by molar-refractivity contribution is 0.0587. The zero-order valence-electron chi connectivity index (χ0n) is 10.6. The van der Waals surface area contributed by atoms with Crippen LogP contribution in [0.15, 0.2) is 23.5 Å². The molecular formula is C11H13N5O3. The molecule has 0 amide bonds. The standard InChI is InChI=1S/C11H13N5O3/c1-3-5-15-6-4-12-9(10(15)17)16-7-13-8(14-16)11(18)19-2/h4,6-7H,3,5H2,1-2H3. The average molecular weight is 263 g/mol. The monoisotopic (exact) mass is 263 g/mol. The van der Waals surface area contributed by atoms with Gasteiger partial charge < -0.3 is 9.30 Å². The van der Waals surface area contributed by atoms with Crippen molar-refractivity contribution in [3.05, 3.63) is 34.9 Å². The molecule has 8 nitrogen and oxygen atoms in total. The van der Waals surface area contributed by atoms with E-state index in [0.29, 0.717) is 6.54 Å². The lowest BCUT2D eigenvalue weighted by Gasteiger charge is -2.04. The minimum atomic E-state index is -0.663. The molecule has 2 heterocycles. The van der Waals surface area contributed by atoms with E-state index in [1.807, 2.05) is 6.92 Å². The minimum absolute atomic E-state index is 0.0959. The van der Waals surface area contributed by atoms with Gasteiger partial charge >= 0.3 is 5.97 Å². The van der Waals surface area contributed by atoms with E-state index in [4.69, 9.17) is 0 Å². The van der Waals surface area contributed by atoms with Gasteiger partial charge in [-0.05, 0) is 6.42 Å². The number of ether oxygens (including phenoxy) is 1. The number of methoxy groups -OCH3 is 1. The number of aryl methyl sites for hydroxylation is 1. The van der Waals surface area contributed by atoms with E-state index in [9.17, 15) is 9.59 Å². The van der Waals surface area contributed by atoms with Gasteiger partial charge in [0.2, 0.25) is 5.82 Å². The van der Waals surface area contributed by atoms with E-state index < -0.39 is 5.97 Å². The van der Waals surface area contributed by atoms with Gasteiger partial charge in [-0.3, -0.25) is 4.79 Å². The summed E-state index contributed by atoms with van der Waals surface area (Å²) in [5.74, 6) is -0.684. The van der Waals surface area contributed by atoms with Crippen molar-refractivity contribution in [2.75, 3.05) is 7.11 Å². The molecule has 2 aromatic heterocycles. The molecular weight excluding hydrogens is 250 g/mol. The predicted octanol–water partition coefficient (Wildman–Crippen LogP) is 0.0206. The molecule has 100 valence electrons. The van der Waals surface area contributed by atoms with Crippen LogP contribution in [0.3, 0.4) is 0 Å². The molecule has 0 saturated carbocycles. The molecule has 0 aliphatic rings. The van der Waals surface area contributed by atoms with Crippen molar-refractivity contribution < 1.29 is 9.53 Å². The molecule has 0 bridgehead atoms. The first-order valence-corrected chi connectivity index (χ1v) is 5.73. The summed E-state index contributed by atoms with van der Waals surface area (Å²) in [7, 11) is 1.23. The first-order valence-electron chi connectivity index (χ1n) is 5.73. The quantitative estimate of drug-likeness (QED) is 0.722. The summed E-state index contributed by atoms with van der Waals surface area (Å²) >= 11 is 0. The van der Waals surface area contributed by atoms with Crippen LogP contribution in [-0.2, 0) is 11.3 Å². The van der Waals surface area contributed by atoms with E-state index in [-0.39, 0.29) is 17.2 Å². The highest BCUT2D eigenvalue weighted by Gasteiger charge is 2.14. The molecule has 8 heteroatoms. The van der Waals surface area contributed by atoms with E-state index in [2.05, 4.69) is 19.8 Å². The summed E-state index contributed by atoms with van der Waals surface area (Å²) in [5.41, 5.74) is -0.286. The maximum atomic E-state index is 12.1. The first kappa shape index (κ1) is 12.9. The number of aromatic nitrogens is 5. The van der Waals surface area contributed by atoms with Gasteiger partial charge in [0.15, 0.2) is 0 Å². The Bertz CT molecular complexity index is 646. The Balaban J connectivity index is 2.42. The van der Waals surface area contributed by atoms with Gasteiger partial charge in [0.25, 0.3) is 11.4 Å².